The van der Waals surface area contributed by atoms with E-state index in [-0.39, 0.29) is 11.3 Å². The van der Waals surface area contributed by atoms with Crippen molar-refractivity contribution in [3.8, 4) is 0 Å². The molecular weight excluding hydrogens is 252 g/mol. The lowest BCUT2D eigenvalue weighted by molar-refractivity contribution is 0.0986. The van der Waals surface area contributed by atoms with E-state index >= 15 is 0 Å². The minimum Gasteiger partial charge on any atom is -0.380 e. The number of hydrogen-bond donors (Lipinski definition) is 2. The smallest absolute Gasteiger partial charge is 0.217 e. The van der Waals surface area contributed by atoms with E-state index in [4.69, 9.17) is 4.74 Å². The summed E-state index contributed by atoms with van der Waals surface area (Å²) in [5, 5.41) is 2.95. The highest BCUT2D eigenvalue weighted by Gasteiger charge is 2.31. The molecule has 2 N–H and O–H groups in total. The Bertz CT molecular complexity index is 346. The van der Waals surface area contributed by atoms with Gasteiger partial charge < -0.3 is 10.1 Å². The van der Waals surface area contributed by atoms with Gasteiger partial charge in [0.15, 0.2) is 0 Å². The van der Waals surface area contributed by atoms with E-state index in [9.17, 15) is 8.42 Å². The predicted octanol–water partition coefficient (Wildman–Crippen LogP) is 0.473. The van der Waals surface area contributed by atoms with Gasteiger partial charge in [-0.25, -0.2) is 13.1 Å². The number of rotatable bonds is 4. The number of piperidine rings is 1. The van der Waals surface area contributed by atoms with Crippen LogP contribution < -0.4 is 10.0 Å². The fraction of sp³-hybridized carbons (Fsp3) is 1.00. The van der Waals surface area contributed by atoms with Crippen molar-refractivity contribution in [2.45, 2.75) is 43.9 Å². The van der Waals surface area contributed by atoms with Crippen LogP contribution in [-0.4, -0.2) is 46.0 Å². The third kappa shape index (κ3) is 3.66. The van der Waals surface area contributed by atoms with E-state index < -0.39 is 10.0 Å². The minimum absolute atomic E-state index is 0.00438. The molecule has 18 heavy (non-hydrogen) atoms. The molecule has 0 unspecified atom stereocenters. The zero-order chi connectivity index (χ0) is 13.0. The van der Waals surface area contributed by atoms with Gasteiger partial charge in [-0.15, -0.1) is 0 Å². The van der Waals surface area contributed by atoms with Crippen LogP contribution in [0.1, 0.15) is 32.6 Å². The maximum absolute atomic E-state index is 12.2. The summed E-state index contributed by atoms with van der Waals surface area (Å²) in [6.45, 7) is 4.95. The molecule has 0 aromatic rings. The molecule has 2 heterocycles. The van der Waals surface area contributed by atoms with E-state index in [1.54, 1.807) is 0 Å². The van der Waals surface area contributed by atoms with Crippen molar-refractivity contribution >= 4 is 10.0 Å². The second-order valence-corrected chi connectivity index (χ2v) is 7.39. The normalized spacial score (nSPS) is 32.1. The molecule has 0 aromatic heterocycles. The summed E-state index contributed by atoms with van der Waals surface area (Å²) < 4.78 is 32.6. The van der Waals surface area contributed by atoms with Crippen molar-refractivity contribution in [2.75, 3.05) is 26.3 Å². The number of hydrogen-bond acceptors (Lipinski definition) is 4. The van der Waals surface area contributed by atoms with Crippen LogP contribution in [0, 0.1) is 5.92 Å². The fourth-order valence-electron chi connectivity index (χ4n) is 2.71. The SMILES string of the molecule is C[C@H](NS(=O)(=O)[C@@H]1CCCOC1)[C@H]1CCCNC1. The van der Waals surface area contributed by atoms with Gasteiger partial charge in [-0.3, -0.25) is 0 Å². The average molecular weight is 276 g/mol. The van der Waals surface area contributed by atoms with Crippen LogP contribution in [0.3, 0.4) is 0 Å². The Kier molecular flexibility index (Phi) is 5.00. The number of sulfonamides is 1. The zero-order valence-corrected chi connectivity index (χ0v) is 11.8. The summed E-state index contributed by atoms with van der Waals surface area (Å²) in [5.74, 6) is 0.401. The van der Waals surface area contributed by atoms with Crippen LogP contribution in [0.4, 0.5) is 0 Å². The van der Waals surface area contributed by atoms with E-state index in [0.717, 1.165) is 32.4 Å². The molecule has 0 aromatic carbocycles. The first-order valence-corrected chi connectivity index (χ1v) is 8.44. The largest absolute Gasteiger partial charge is 0.380 e. The van der Waals surface area contributed by atoms with Crippen LogP contribution in [0.25, 0.3) is 0 Å². The minimum atomic E-state index is -3.23. The van der Waals surface area contributed by atoms with Gasteiger partial charge in [-0.05, 0) is 51.6 Å². The Morgan fingerprint density at radius 2 is 2.17 bits per heavy atom. The van der Waals surface area contributed by atoms with Gasteiger partial charge >= 0.3 is 0 Å². The lowest BCUT2D eigenvalue weighted by Gasteiger charge is -2.31. The van der Waals surface area contributed by atoms with Crippen molar-refractivity contribution in [2.24, 2.45) is 5.92 Å². The summed E-state index contributed by atoms with van der Waals surface area (Å²) in [4.78, 5) is 0. The lowest BCUT2D eigenvalue weighted by Crippen LogP contribution is -2.48. The summed E-state index contributed by atoms with van der Waals surface area (Å²) in [6, 6.07) is 0.00438. The molecule has 0 bridgehead atoms. The van der Waals surface area contributed by atoms with Crippen LogP contribution in [-0.2, 0) is 14.8 Å². The van der Waals surface area contributed by atoms with Crippen molar-refractivity contribution in [3.05, 3.63) is 0 Å². The highest BCUT2D eigenvalue weighted by atomic mass is 32.2. The van der Waals surface area contributed by atoms with Crippen LogP contribution in [0.5, 0.6) is 0 Å². The molecule has 5 nitrogen and oxygen atoms in total. The molecule has 2 saturated heterocycles. The van der Waals surface area contributed by atoms with Gasteiger partial charge in [0.25, 0.3) is 0 Å². The second-order valence-electron chi connectivity index (χ2n) is 5.40. The van der Waals surface area contributed by atoms with E-state index in [0.29, 0.717) is 25.6 Å². The molecule has 2 fully saturated rings. The highest BCUT2D eigenvalue weighted by molar-refractivity contribution is 7.90. The first-order chi connectivity index (χ1) is 8.59. The molecule has 0 saturated carbocycles. The molecular formula is C12H24N2O3S. The summed E-state index contributed by atoms with van der Waals surface area (Å²) in [6.07, 6.45) is 3.77. The van der Waals surface area contributed by atoms with Crippen LogP contribution in [0.2, 0.25) is 0 Å². The molecule has 0 spiro atoms. The van der Waals surface area contributed by atoms with Crippen LogP contribution in [0.15, 0.2) is 0 Å². The Balaban J connectivity index is 1.89. The lowest BCUT2D eigenvalue weighted by atomic mass is 9.94. The summed E-state index contributed by atoms with van der Waals surface area (Å²) in [5.41, 5.74) is 0. The molecule has 2 aliphatic rings. The molecule has 0 radical (unpaired) electrons. The monoisotopic (exact) mass is 276 g/mol. The van der Waals surface area contributed by atoms with Crippen molar-refractivity contribution in [1.29, 1.82) is 0 Å². The zero-order valence-electron chi connectivity index (χ0n) is 11.0. The van der Waals surface area contributed by atoms with Crippen LogP contribution >= 0.6 is 0 Å². The number of nitrogens with one attached hydrogen (secondary N) is 2. The third-order valence-corrected chi connectivity index (χ3v) is 5.90. The third-order valence-electron chi connectivity index (χ3n) is 3.95. The fourth-order valence-corrected chi connectivity index (χ4v) is 4.37. The molecule has 2 aliphatic heterocycles. The molecule has 0 aliphatic carbocycles. The molecule has 2 rings (SSSR count). The Labute approximate surface area is 110 Å². The maximum atomic E-state index is 12.2. The first-order valence-electron chi connectivity index (χ1n) is 6.89. The molecule has 0 amide bonds. The quantitative estimate of drug-likeness (QED) is 0.783. The first kappa shape index (κ1) is 14.2. The Morgan fingerprint density at radius 3 is 2.78 bits per heavy atom. The summed E-state index contributed by atoms with van der Waals surface area (Å²) >= 11 is 0. The van der Waals surface area contributed by atoms with E-state index in [2.05, 4.69) is 10.0 Å². The maximum Gasteiger partial charge on any atom is 0.217 e. The van der Waals surface area contributed by atoms with Gasteiger partial charge in [-0.1, -0.05) is 0 Å². The van der Waals surface area contributed by atoms with Crippen molar-refractivity contribution in [3.63, 3.8) is 0 Å². The van der Waals surface area contributed by atoms with Crippen molar-refractivity contribution in [1.82, 2.24) is 10.0 Å². The van der Waals surface area contributed by atoms with Gasteiger partial charge in [0.1, 0.15) is 0 Å². The second kappa shape index (κ2) is 6.32. The topological polar surface area (TPSA) is 67.4 Å². The highest BCUT2D eigenvalue weighted by Crippen LogP contribution is 2.18. The predicted molar refractivity (Wildman–Crippen MR) is 71.0 cm³/mol. The Hall–Kier alpha value is -0.170. The van der Waals surface area contributed by atoms with Gasteiger partial charge in [0.2, 0.25) is 10.0 Å². The van der Waals surface area contributed by atoms with Gasteiger partial charge in [0.05, 0.1) is 11.9 Å². The Morgan fingerprint density at radius 1 is 1.33 bits per heavy atom. The molecule has 6 heteroatoms. The molecule has 3 atom stereocenters. The van der Waals surface area contributed by atoms with E-state index in [1.807, 2.05) is 6.92 Å². The summed E-state index contributed by atoms with van der Waals surface area (Å²) in [7, 11) is -3.23. The number of ether oxygens (including phenoxy) is 1. The average Bonchev–Trinajstić information content (AvgIpc) is 2.40. The van der Waals surface area contributed by atoms with Gasteiger partial charge in [0, 0.05) is 12.6 Å². The standard InChI is InChI=1S/C12H24N2O3S/c1-10(11-4-2-6-13-8-11)14-18(15,16)12-5-3-7-17-9-12/h10-14H,2-9H2,1H3/t10-,11-,12+/m0/s1. The molecule has 106 valence electrons. The van der Waals surface area contributed by atoms with Gasteiger partial charge in [-0.2, -0.15) is 0 Å². The van der Waals surface area contributed by atoms with Crippen molar-refractivity contribution < 1.29 is 13.2 Å². The van der Waals surface area contributed by atoms with E-state index in [1.165, 1.54) is 0 Å².